The second-order valence-electron chi connectivity index (χ2n) is 2.47. The van der Waals surface area contributed by atoms with E-state index in [1.54, 1.807) is 0 Å². The molecule has 0 saturated heterocycles. The molecule has 0 unspecified atom stereocenters. The zero-order valence-electron chi connectivity index (χ0n) is 7.47. The number of phenols is 2. The molecule has 15 heavy (non-hydrogen) atoms. The first-order valence-electron chi connectivity index (χ1n) is 3.46. The highest BCUT2D eigenvalue weighted by atomic mass is 24.3. The van der Waals surface area contributed by atoms with Gasteiger partial charge < -0.3 is 20.4 Å². The average molecular weight is 222 g/mol. The Hall–Kier alpha value is -1.47. The maximum Gasteiger partial charge on any atom is 0.340 e. The Kier molecular flexibility index (Phi) is 4.37. The minimum atomic E-state index is -1.61. The molecule has 0 aliphatic carbocycles. The van der Waals surface area contributed by atoms with E-state index in [9.17, 15) is 9.59 Å². The summed E-state index contributed by atoms with van der Waals surface area (Å²) >= 11 is 0. The van der Waals surface area contributed by atoms with Crippen LogP contribution < -0.4 is 0 Å². The molecular weight excluding hydrogens is 216 g/mol. The molecule has 0 amide bonds. The van der Waals surface area contributed by atoms with Gasteiger partial charge in [-0.15, -0.1) is 0 Å². The summed E-state index contributed by atoms with van der Waals surface area (Å²) in [4.78, 5) is 21.1. The van der Waals surface area contributed by atoms with Crippen molar-refractivity contribution in [2.24, 2.45) is 0 Å². The van der Waals surface area contributed by atoms with Crippen LogP contribution in [0.2, 0.25) is 0 Å². The van der Waals surface area contributed by atoms with E-state index in [2.05, 4.69) is 0 Å². The fraction of sp³-hybridized carbons (Fsp3) is 0. The normalized spacial score (nSPS) is 9.07. The third-order valence-electron chi connectivity index (χ3n) is 1.60. The lowest BCUT2D eigenvalue weighted by Gasteiger charge is -2.04. The molecule has 4 N–H and O–H groups in total. The number of carbonyl (C=O) groups is 2. The Labute approximate surface area is 99.9 Å². The van der Waals surface area contributed by atoms with Crippen LogP contribution in [0.5, 0.6) is 11.5 Å². The second-order valence-corrected chi connectivity index (χ2v) is 2.47. The largest absolute Gasteiger partial charge is 0.504 e. The van der Waals surface area contributed by atoms with Gasteiger partial charge in [0.1, 0.15) is 5.56 Å². The summed E-state index contributed by atoms with van der Waals surface area (Å²) in [5.41, 5.74) is -1.40. The highest BCUT2D eigenvalue weighted by Crippen LogP contribution is 2.31. The summed E-state index contributed by atoms with van der Waals surface area (Å²) in [6.45, 7) is 0. The maximum absolute atomic E-state index is 10.6. The number of carboxylic acids is 2. The van der Waals surface area contributed by atoms with Crippen LogP contribution in [-0.4, -0.2) is 55.4 Å². The van der Waals surface area contributed by atoms with E-state index < -0.39 is 34.6 Å². The van der Waals surface area contributed by atoms with Gasteiger partial charge in [0, 0.05) is 23.1 Å². The first-order chi connectivity index (χ1) is 6.45. The summed E-state index contributed by atoms with van der Waals surface area (Å²) in [5, 5.41) is 35.2. The molecule has 7 heteroatoms. The summed E-state index contributed by atoms with van der Waals surface area (Å²) in [6, 6.07) is 1.81. The van der Waals surface area contributed by atoms with E-state index in [1.807, 2.05) is 0 Å². The van der Waals surface area contributed by atoms with Crippen LogP contribution in [0.15, 0.2) is 12.1 Å². The molecule has 0 aliphatic rings. The van der Waals surface area contributed by atoms with E-state index >= 15 is 0 Å². The third-order valence-corrected chi connectivity index (χ3v) is 1.60. The zero-order valence-corrected chi connectivity index (χ0v) is 8.88. The molecular formula is C8H6MgO6. The Morgan fingerprint density at radius 3 is 1.93 bits per heavy atom. The van der Waals surface area contributed by atoms with Crippen LogP contribution >= 0.6 is 0 Å². The molecule has 0 atom stereocenters. The quantitative estimate of drug-likeness (QED) is 0.417. The number of aromatic hydroxyl groups is 2. The van der Waals surface area contributed by atoms with Crippen molar-refractivity contribution in [1.82, 2.24) is 0 Å². The van der Waals surface area contributed by atoms with Crippen molar-refractivity contribution < 1.29 is 30.0 Å². The van der Waals surface area contributed by atoms with Gasteiger partial charge in [0.05, 0.1) is 5.56 Å². The molecule has 0 fully saturated rings. The van der Waals surface area contributed by atoms with Crippen LogP contribution in [0.25, 0.3) is 0 Å². The van der Waals surface area contributed by atoms with Gasteiger partial charge in [-0.25, -0.2) is 9.59 Å². The van der Waals surface area contributed by atoms with Gasteiger partial charge in [-0.2, -0.15) is 0 Å². The number of hydrogen-bond donors (Lipinski definition) is 4. The molecule has 0 bridgehead atoms. The van der Waals surface area contributed by atoms with Crippen molar-refractivity contribution in [3.8, 4) is 11.5 Å². The first-order valence-corrected chi connectivity index (χ1v) is 3.46. The van der Waals surface area contributed by atoms with Crippen molar-refractivity contribution in [2.45, 2.75) is 0 Å². The van der Waals surface area contributed by atoms with Crippen LogP contribution in [0, 0.1) is 0 Å². The van der Waals surface area contributed by atoms with Crippen LogP contribution in [0.3, 0.4) is 0 Å². The molecule has 0 aromatic heterocycles. The molecule has 1 rings (SSSR count). The van der Waals surface area contributed by atoms with Crippen molar-refractivity contribution in [3.63, 3.8) is 0 Å². The van der Waals surface area contributed by atoms with Gasteiger partial charge in [0.15, 0.2) is 11.5 Å². The lowest BCUT2D eigenvalue weighted by Crippen LogP contribution is -2.08. The maximum atomic E-state index is 10.6. The number of carboxylic acid groups (broad SMARTS) is 2. The number of hydrogen-bond acceptors (Lipinski definition) is 4. The monoisotopic (exact) mass is 222 g/mol. The first kappa shape index (κ1) is 13.5. The Bertz CT molecular complexity index is 414. The standard InChI is InChI=1S/C8H6O6.Mg/c9-4-2-1-3(7(11)12)5(6(4)10)8(13)14;/h1-2,9-10H,(H,11,12)(H,13,14);. The van der Waals surface area contributed by atoms with Crippen molar-refractivity contribution in [3.05, 3.63) is 23.3 Å². The van der Waals surface area contributed by atoms with Crippen LogP contribution in [-0.2, 0) is 0 Å². The van der Waals surface area contributed by atoms with E-state index in [1.165, 1.54) is 0 Å². The number of aromatic carboxylic acids is 2. The highest BCUT2D eigenvalue weighted by molar-refractivity contribution is 6.04. The second kappa shape index (κ2) is 4.85. The lowest BCUT2D eigenvalue weighted by molar-refractivity contribution is 0.0648. The molecule has 0 aliphatic heterocycles. The smallest absolute Gasteiger partial charge is 0.340 e. The fourth-order valence-electron chi connectivity index (χ4n) is 0.975. The molecule has 0 spiro atoms. The minimum absolute atomic E-state index is 0. The van der Waals surface area contributed by atoms with Crippen molar-refractivity contribution in [1.29, 1.82) is 0 Å². The molecule has 0 heterocycles. The topological polar surface area (TPSA) is 115 Å². The molecule has 1 aromatic rings. The molecule has 6 nitrogen and oxygen atoms in total. The summed E-state index contributed by atoms with van der Waals surface area (Å²) in [7, 11) is 0. The van der Waals surface area contributed by atoms with Gasteiger partial charge in [-0.05, 0) is 12.1 Å². The summed E-state index contributed by atoms with van der Waals surface area (Å²) in [6.07, 6.45) is 0. The Morgan fingerprint density at radius 1 is 1.00 bits per heavy atom. The van der Waals surface area contributed by atoms with E-state index in [4.69, 9.17) is 20.4 Å². The van der Waals surface area contributed by atoms with Crippen LogP contribution in [0.4, 0.5) is 0 Å². The fourth-order valence-corrected chi connectivity index (χ4v) is 0.975. The molecule has 1 aromatic carbocycles. The van der Waals surface area contributed by atoms with Gasteiger partial charge in [0.2, 0.25) is 0 Å². The van der Waals surface area contributed by atoms with Gasteiger partial charge >= 0.3 is 11.9 Å². The SMILES string of the molecule is O=C(O)c1ccc(O)c(O)c1C(=O)O.[Mg]. The number of benzene rings is 1. The summed E-state index contributed by atoms with van der Waals surface area (Å²) < 4.78 is 0. The van der Waals surface area contributed by atoms with E-state index in [0.717, 1.165) is 12.1 Å². The third kappa shape index (κ3) is 2.51. The lowest BCUT2D eigenvalue weighted by atomic mass is 10.1. The van der Waals surface area contributed by atoms with Gasteiger partial charge in [-0.1, -0.05) is 0 Å². The summed E-state index contributed by atoms with van der Waals surface area (Å²) in [5.74, 6) is -4.72. The minimum Gasteiger partial charge on any atom is -0.504 e. The number of rotatable bonds is 2. The predicted molar refractivity (Wildman–Crippen MR) is 49.4 cm³/mol. The zero-order chi connectivity index (χ0) is 10.9. The molecule has 76 valence electrons. The van der Waals surface area contributed by atoms with E-state index in [0.29, 0.717) is 0 Å². The number of phenolic OH excluding ortho intramolecular Hbond substituents is 1. The van der Waals surface area contributed by atoms with Gasteiger partial charge in [-0.3, -0.25) is 0 Å². The van der Waals surface area contributed by atoms with E-state index in [-0.39, 0.29) is 23.1 Å². The Morgan fingerprint density at radius 2 is 1.53 bits per heavy atom. The van der Waals surface area contributed by atoms with Crippen molar-refractivity contribution >= 4 is 35.0 Å². The molecule has 2 radical (unpaired) electrons. The Balaban J connectivity index is 0.00000196. The van der Waals surface area contributed by atoms with Crippen LogP contribution in [0.1, 0.15) is 20.7 Å². The predicted octanol–water partition coefficient (Wildman–Crippen LogP) is 0.113. The molecule has 0 saturated carbocycles. The average Bonchev–Trinajstić information content (AvgIpc) is 2.08. The van der Waals surface area contributed by atoms with Crippen molar-refractivity contribution in [2.75, 3.05) is 0 Å². The highest BCUT2D eigenvalue weighted by Gasteiger charge is 2.22. The van der Waals surface area contributed by atoms with Gasteiger partial charge in [0.25, 0.3) is 0 Å².